The monoisotopic (exact) mass is 228 g/mol. The summed E-state index contributed by atoms with van der Waals surface area (Å²) in [4.78, 5) is 4.35. The second kappa shape index (κ2) is 5.34. The van der Waals surface area contributed by atoms with E-state index >= 15 is 0 Å². The van der Waals surface area contributed by atoms with Gasteiger partial charge in [-0.15, -0.1) is 0 Å². The van der Waals surface area contributed by atoms with E-state index in [-0.39, 0.29) is 0 Å². The summed E-state index contributed by atoms with van der Waals surface area (Å²) in [6, 6.07) is 12.3. The Morgan fingerprint density at radius 3 is 2.41 bits per heavy atom. The van der Waals surface area contributed by atoms with Crippen molar-refractivity contribution in [2.45, 2.75) is 6.42 Å². The zero-order chi connectivity index (χ0) is 12.1. The number of benzene rings is 1. The minimum Gasteiger partial charge on any atom is -0.495 e. The quantitative estimate of drug-likeness (QED) is 0.873. The van der Waals surface area contributed by atoms with Gasteiger partial charge in [-0.1, -0.05) is 12.1 Å². The van der Waals surface area contributed by atoms with E-state index in [1.165, 1.54) is 5.56 Å². The molecule has 1 aromatic carbocycles. The lowest BCUT2D eigenvalue weighted by Gasteiger charge is -2.04. The molecule has 1 aromatic heterocycles. The Kier molecular flexibility index (Phi) is 3.60. The molecular formula is C14H16N2O. The molecule has 0 radical (unpaired) electrons. The summed E-state index contributed by atoms with van der Waals surface area (Å²) < 4.78 is 5.08. The highest BCUT2D eigenvalue weighted by Crippen LogP contribution is 2.14. The number of hydrogen-bond donors (Lipinski definition) is 1. The van der Waals surface area contributed by atoms with Crippen LogP contribution in [0.5, 0.6) is 5.75 Å². The van der Waals surface area contributed by atoms with Gasteiger partial charge in [-0.05, 0) is 29.8 Å². The summed E-state index contributed by atoms with van der Waals surface area (Å²) in [5.41, 5.74) is 3.42. The second-order valence-corrected chi connectivity index (χ2v) is 3.81. The third-order valence-corrected chi connectivity index (χ3v) is 2.66. The van der Waals surface area contributed by atoms with Gasteiger partial charge in [0.2, 0.25) is 0 Å². The molecule has 0 saturated carbocycles. The summed E-state index contributed by atoms with van der Waals surface area (Å²) >= 11 is 0. The highest BCUT2D eigenvalue weighted by molar-refractivity contribution is 5.44. The van der Waals surface area contributed by atoms with Crippen LogP contribution < -0.4 is 10.1 Å². The molecule has 1 N–H and O–H groups in total. The summed E-state index contributed by atoms with van der Waals surface area (Å²) in [7, 11) is 3.56. The first-order valence-electron chi connectivity index (χ1n) is 5.57. The van der Waals surface area contributed by atoms with E-state index in [1.807, 2.05) is 19.2 Å². The molecule has 17 heavy (non-hydrogen) atoms. The summed E-state index contributed by atoms with van der Waals surface area (Å²) in [5, 5.41) is 3.10. The van der Waals surface area contributed by atoms with E-state index in [0.717, 1.165) is 23.6 Å². The smallest absolute Gasteiger partial charge is 0.137 e. The molecule has 2 rings (SSSR count). The fraction of sp³-hybridized carbons (Fsp3) is 0.214. The van der Waals surface area contributed by atoms with Crippen LogP contribution in [-0.2, 0) is 6.42 Å². The van der Waals surface area contributed by atoms with Crippen LogP contribution in [0.1, 0.15) is 11.3 Å². The van der Waals surface area contributed by atoms with Gasteiger partial charge in [0.1, 0.15) is 5.75 Å². The molecule has 3 nitrogen and oxygen atoms in total. The number of rotatable bonds is 4. The van der Waals surface area contributed by atoms with Crippen molar-refractivity contribution in [2.24, 2.45) is 0 Å². The fourth-order valence-electron chi connectivity index (χ4n) is 1.63. The van der Waals surface area contributed by atoms with Gasteiger partial charge < -0.3 is 10.1 Å². The molecule has 0 spiro atoms. The molecule has 0 atom stereocenters. The van der Waals surface area contributed by atoms with Gasteiger partial charge in [0.25, 0.3) is 0 Å². The molecule has 0 unspecified atom stereocenters. The van der Waals surface area contributed by atoms with Gasteiger partial charge in [-0.3, -0.25) is 4.98 Å². The van der Waals surface area contributed by atoms with Crippen LogP contribution >= 0.6 is 0 Å². The van der Waals surface area contributed by atoms with E-state index in [4.69, 9.17) is 4.74 Å². The van der Waals surface area contributed by atoms with Crippen LogP contribution in [-0.4, -0.2) is 19.1 Å². The largest absolute Gasteiger partial charge is 0.495 e. The lowest BCUT2D eigenvalue weighted by atomic mass is 10.1. The summed E-state index contributed by atoms with van der Waals surface area (Å²) in [5.74, 6) is 0.791. The van der Waals surface area contributed by atoms with Crippen LogP contribution in [0.3, 0.4) is 0 Å². The van der Waals surface area contributed by atoms with Gasteiger partial charge in [-0.25, -0.2) is 0 Å². The number of nitrogens with one attached hydrogen (secondary N) is 1. The van der Waals surface area contributed by atoms with Crippen molar-refractivity contribution in [1.82, 2.24) is 4.98 Å². The Hall–Kier alpha value is -2.03. The number of aromatic nitrogens is 1. The average molecular weight is 228 g/mol. The molecule has 0 aliphatic heterocycles. The maximum absolute atomic E-state index is 5.08. The predicted molar refractivity (Wildman–Crippen MR) is 69.6 cm³/mol. The summed E-state index contributed by atoms with van der Waals surface area (Å²) in [6.07, 6.45) is 2.59. The highest BCUT2D eigenvalue weighted by Gasteiger charge is 1.98. The Morgan fingerprint density at radius 2 is 1.88 bits per heavy atom. The van der Waals surface area contributed by atoms with E-state index in [2.05, 4.69) is 34.6 Å². The van der Waals surface area contributed by atoms with Gasteiger partial charge >= 0.3 is 0 Å². The minimum absolute atomic E-state index is 0.791. The normalized spacial score (nSPS) is 10.0. The lowest BCUT2D eigenvalue weighted by Crippen LogP contribution is -1.94. The van der Waals surface area contributed by atoms with Crippen LogP contribution in [0.4, 0.5) is 5.69 Å². The number of ether oxygens (including phenoxy) is 1. The molecule has 0 bridgehead atoms. The van der Waals surface area contributed by atoms with Crippen LogP contribution in [0.15, 0.2) is 42.6 Å². The molecule has 0 aliphatic rings. The molecule has 0 amide bonds. The molecular weight excluding hydrogens is 212 g/mol. The second-order valence-electron chi connectivity index (χ2n) is 3.81. The van der Waals surface area contributed by atoms with E-state index in [9.17, 15) is 0 Å². The van der Waals surface area contributed by atoms with Crippen molar-refractivity contribution in [2.75, 3.05) is 19.5 Å². The lowest BCUT2D eigenvalue weighted by molar-refractivity contribution is 0.412. The molecule has 88 valence electrons. The van der Waals surface area contributed by atoms with Gasteiger partial charge in [0, 0.05) is 24.8 Å². The van der Waals surface area contributed by atoms with Crippen molar-refractivity contribution < 1.29 is 4.74 Å². The fourth-order valence-corrected chi connectivity index (χ4v) is 1.63. The molecule has 3 heteroatoms. The summed E-state index contributed by atoms with van der Waals surface area (Å²) in [6.45, 7) is 0. The first-order valence-corrected chi connectivity index (χ1v) is 5.57. The van der Waals surface area contributed by atoms with Gasteiger partial charge in [0.05, 0.1) is 13.3 Å². The van der Waals surface area contributed by atoms with Crippen LogP contribution in [0, 0.1) is 0 Å². The number of pyridine rings is 1. The van der Waals surface area contributed by atoms with Gasteiger partial charge in [0.15, 0.2) is 0 Å². The SMILES string of the molecule is CNc1ccc(Cc2ccc(OC)cn2)cc1. The number of methoxy groups -OCH3 is 1. The van der Waals surface area contributed by atoms with E-state index < -0.39 is 0 Å². The zero-order valence-electron chi connectivity index (χ0n) is 10.1. The van der Waals surface area contributed by atoms with E-state index in [1.54, 1.807) is 13.3 Å². The first-order chi connectivity index (χ1) is 8.31. The topological polar surface area (TPSA) is 34.1 Å². The third kappa shape index (κ3) is 2.97. The molecule has 2 aromatic rings. The van der Waals surface area contributed by atoms with Crippen molar-refractivity contribution >= 4 is 5.69 Å². The molecule has 0 saturated heterocycles. The van der Waals surface area contributed by atoms with Crippen molar-refractivity contribution in [3.05, 3.63) is 53.9 Å². The van der Waals surface area contributed by atoms with Gasteiger partial charge in [-0.2, -0.15) is 0 Å². The van der Waals surface area contributed by atoms with Crippen LogP contribution in [0.25, 0.3) is 0 Å². The molecule has 0 aliphatic carbocycles. The Morgan fingerprint density at radius 1 is 1.12 bits per heavy atom. The Labute approximate surface area is 101 Å². The van der Waals surface area contributed by atoms with Crippen molar-refractivity contribution in [3.63, 3.8) is 0 Å². The highest BCUT2D eigenvalue weighted by atomic mass is 16.5. The maximum atomic E-state index is 5.08. The number of nitrogens with zero attached hydrogens (tertiary/aromatic N) is 1. The Balaban J connectivity index is 2.08. The zero-order valence-corrected chi connectivity index (χ0v) is 10.1. The third-order valence-electron chi connectivity index (χ3n) is 2.66. The van der Waals surface area contributed by atoms with E-state index in [0.29, 0.717) is 0 Å². The standard InChI is InChI=1S/C14H16N2O/c1-15-12-5-3-11(4-6-12)9-13-7-8-14(17-2)10-16-13/h3-8,10,15H,9H2,1-2H3. The van der Waals surface area contributed by atoms with Crippen molar-refractivity contribution in [3.8, 4) is 5.75 Å². The first kappa shape index (κ1) is 11.5. The Bertz CT molecular complexity index is 417. The molecule has 0 fully saturated rings. The maximum Gasteiger partial charge on any atom is 0.137 e. The van der Waals surface area contributed by atoms with Crippen LogP contribution in [0.2, 0.25) is 0 Å². The molecule has 1 heterocycles. The van der Waals surface area contributed by atoms with Crippen molar-refractivity contribution in [1.29, 1.82) is 0 Å². The minimum atomic E-state index is 0.791. The average Bonchev–Trinajstić information content (AvgIpc) is 2.40. The number of hydrogen-bond acceptors (Lipinski definition) is 3. The predicted octanol–water partition coefficient (Wildman–Crippen LogP) is 2.72. The number of anilines is 1.